The third-order valence-electron chi connectivity index (χ3n) is 3.98. The molecule has 1 aromatic heterocycles. The maximum absolute atomic E-state index is 12.6. The van der Waals surface area contributed by atoms with Crippen LogP contribution >= 0.6 is 11.6 Å². The summed E-state index contributed by atoms with van der Waals surface area (Å²) in [6.45, 7) is 0.223. The number of carbonyl (C=O) groups is 1. The first-order valence-corrected chi connectivity index (χ1v) is 8.54. The number of aromatic nitrogens is 1. The monoisotopic (exact) mass is 406 g/mol. The van der Waals surface area contributed by atoms with Gasteiger partial charge in [-0.2, -0.15) is 13.2 Å². The lowest BCUT2D eigenvalue weighted by Gasteiger charge is -2.10. The molecule has 4 nitrogen and oxygen atoms in total. The number of carbonyl (C=O) groups excluding carboxylic acids is 1. The highest BCUT2D eigenvalue weighted by Crippen LogP contribution is 2.29. The third kappa shape index (κ3) is 4.61. The minimum absolute atomic E-state index is 0.121. The molecule has 144 valence electrons. The molecule has 0 aliphatic heterocycles. The van der Waals surface area contributed by atoms with Crippen molar-refractivity contribution < 1.29 is 18.0 Å². The fourth-order valence-electron chi connectivity index (χ4n) is 2.61. The average molecular weight is 407 g/mol. The number of rotatable bonds is 4. The molecule has 0 atom stereocenters. The average Bonchev–Trinajstić information content (AvgIpc) is 2.63. The van der Waals surface area contributed by atoms with Gasteiger partial charge in [0, 0.05) is 16.9 Å². The van der Waals surface area contributed by atoms with E-state index in [1.54, 1.807) is 30.3 Å². The summed E-state index contributed by atoms with van der Waals surface area (Å²) in [5.41, 5.74) is -0.525. The molecule has 0 radical (unpaired) electrons. The zero-order chi connectivity index (χ0) is 20.3. The number of anilines is 1. The summed E-state index contributed by atoms with van der Waals surface area (Å²) in [4.78, 5) is 25.0. The number of alkyl halides is 3. The van der Waals surface area contributed by atoms with E-state index >= 15 is 0 Å². The molecule has 0 spiro atoms. The van der Waals surface area contributed by atoms with Crippen molar-refractivity contribution in [1.29, 1.82) is 0 Å². The molecule has 8 heteroatoms. The minimum Gasteiger partial charge on any atom is -0.322 e. The van der Waals surface area contributed by atoms with E-state index in [1.165, 1.54) is 16.8 Å². The van der Waals surface area contributed by atoms with Crippen LogP contribution < -0.4 is 10.9 Å². The predicted octanol–water partition coefficient (Wildman–Crippen LogP) is 4.82. The largest absolute Gasteiger partial charge is 0.416 e. The number of benzene rings is 2. The number of halogens is 4. The van der Waals surface area contributed by atoms with Crippen molar-refractivity contribution in [1.82, 2.24) is 4.57 Å². The first-order valence-electron chi connectivity index (χ1n) is 8.16. The van der Waals surface area contributed by atoms with Gasteiger partial charge in [0.25, 0.3) is 11.5 Å². The molecule has 1 heterocycles. The Morgan fingerprint density at radius 1 is 1.04 bits per heavy atom. The first-order chi connectivity index (χ1) is 13.2. The Morgan fingerprint density at radius 2 is 1.75 bits per heavy atom. The van der Waals surface area contributed by atoms with Crippen molar-refractivity contribution >= 4 is 23.2 Å². The fraction of sp³-hybridized carbons (Fsp3) is 0.100. The number of hydrogen-bond acceptors (Lipinski definition) is 2. The fourth-order valence-corrected chi connectivity index (χ4v) is 2.82. The minimum atomic E-state index is -4.46. The van der Waals surface area contributed by atoms with E-state index in [9.17, 15) is 22.8 Å². The van der Waals surface area contributed by atoms with E-state index in [4.69, 9.17) is 11.6 Å². The second kappa shape index (κ2) is 7.90. The van der Waals surface area contributed by atoms with Gasteiger partial charge in [0.1, 0.15) is 5.56 Å². The quantitative estimate of drug-likeness (QED) is 0.675. The third-order valence-corrected chi connectivity index (χ3v) is 4.21. The summed E-state index contributed by atoms with van der Waals surface area (Å²) in [7, 11) is 0. The van der Waals surface area contributed by atoms with Crippen molar-refractivity contribution in [3.05, 3.63) is 98.9 Å². The van der Waals surface area contributed by atoms with Gasteiger partial charge in [-0.25, -0.2) is 0 Å². The Hall–Kier alpha value is -3.06. The summed E-state index contributed by atoms with van der Waals surface area (Å²) in [6, 6.07) is 13.9. The highest BCUT2D eigenvalue weighted by molar-refractivity contribution is 6.30. The highest BCUT2D eigenvalue weighted by atomic mass is 35.5. The van der Waals surface area contributed by atoms with Crippen molar-refractivity contribution in [2.45, 2.75) is 12.7 Å². The van der Waals surface area contributed by atoms with Crippen LogP contribution in [0, 0.1) is 0 Å². The van der Waals surface area contributed by atoms with E-state index in [2.05, 4.69) is 5.32 Å². The second-order valence-corrected chi connectivity index (χ2v) is 6.45. The van der Waals surface area contributed by atoms with Crippen LogP contribution in [0.2, 0.25) is 5.02 Å². The molecule has 0 saturated heterocycles. The normalized spacial score (nSPS) is 11.3. The van der Waals surface area contributed by atoms with Crippen LogP contribution in [-0.4, -0.2) is 10.5 Å². The summed E-state index contributed by atoms with van der Waals surface area (Å²) in [5, 5.41) is 2.97. The van der Waals surface area contributed by atoms with Crippen molar-refractivity contribution in [3.63, 3.8) is 0 Å². The van der Waals surface area contributed by atoms with Crippen LogP contribution in [0.4, 0.5) is 18.9 Å². The Bertz CT molecular complexity index is 1060. The number of nitrogens with one attached hydrogen (secondary N) is 1. The topological polar surface area (TPSA) is 51.1 Å². The highest BCUT2D eigenvalue weighted by Gasteiger charge is 2.30. The summed E-state index contributed by atoms with van der Waals surface area (Å²) in [6.07, 6.45) is -2.92. The van der Waals surface area contributed by atoms with Gasteiger partial charge in [-0.3, -0.25) is 9.59 Å². The zero-order valence-electron chi connectivity index (χ0n) is 14.3. The van der Waals surface area contributed by atoms with Crippen molar-refractivity contribution in [3.8, 4) is 0 Å². The van der Waals surface area contributed by atoms with Crippen LogP contribution in [0.1, 0.15) is 21.5 Å². The van der Waals surface area contributed by atoms with Gasteiger partial charge in [0.05, 0.1) is 12.1 Å². The molecule has 0 unspecified atom stereocenters. The Balaban J connectivity index is 1.80. The summed E-state index contributed by atoms with van der Waals surface area (Å²) in [5.74, 6) is -0.704. The second-order valence-electron chi connectivity index (χ2n) is 6.01. The van der Waals surface area contributed by atoms with Gasteiger partial charge >= 0.3 is 6.18 Å². The van der Waals surface area contributed by atoms with Gasteiger partial charge in [0.2, 0.25) is 0 Å². The first kappa shape index (κ1) is 19.7. The maximum Gasteiger partial charge on any atom is 0.416 e. The Kier molecular flexibility index (Phi) is 5.56. The van der Waals surface area contributed by atoms with Gasteiger partial charge in [-0.05, 0) is 54.1 Å². The number of hydrogen-bond donors (Lipinski definition) is 1. The molecule has 0 fully saturated rings. The van der Waals surface area contributed by atoms with Crippen LogP contribution in [0.5, 0.6) is 0 Å². The van der Waals surface area contributed by atoms with E-state index in [1.807, 2.05) is 0 Å². The van der Waals surface area contributed by atoms with Crippen LogP contribution in [0.25, 0.3) is 0 Å². The molecule has 1 N–H and O–H groups in total. The van der Waals surface area contributed by atoms with Crippen molar-refractivity contribution in [2.75, 3.05) is 5.32 Å². The lowest BCUT2D eigenvalue weighted by molar-refractivity contribution is -0.137. The predicted molar refractivity (Wildman–Crippen MR) is 101 cm³/mol. The number of nitrogens with zero attached hydrogens (tertiary/aromatic N) is 1. The van der Waals surface area contributed by atoms with Crippen LogP contribution in [0.15, 0.2) is 71.7 Å². The molecule has 3 aromatic rings. The lowest BCUT2D eigenvalue weighted by atomic mass is 10.2. The van der Waals surface area contributed by atoms with E-state index in [0.717, 1.165) is 29.8 Å². The van der Waals surface area contributed by atoms with Crippen LogP contribution in [-0.2, 0) is 12.7 Å². The van der Waals surface area contributed by atoms with E-state index in [-0.39, 0.29) is 17.8 Å². The molecule has 1 amide bonds. The Morgan fingerprint density at radius 3 is 2.39 bits per heavy atom. The molecule has 0 aliphatic rings. The SMILES string of the molecule is O=C(Nc1ccc(C(F)(F)F)cc1)c1cccn(Cc2cccc(Cl)c2)c1=O. The Labute approximate surface area is 163 Å². The standard InChI is InChI=1S/C20H14ClF3N2O2/c21-15-4-1-3-13(11-15)12-26-10-2-5-17(19(26)28)18(27)25-16-8-6-14(7-9-16)20(22,23)24/h1-11H,12H2,(H,25,27). The summed E-state index contributed by atoms with van der Waals surface area (Å²) < 4.78 is 39.2. The van der Waals surface area contributed by atoms with Gasteiger partial charge in [-0.1, -0.05) is 23.7 Å². The number of pyridine rings is 1. The van der Waals surface area contributed by atoms with Gasteiger partial charge in [0.15, 0.2) is 0 Å². The molecular weight excluding hydrogens is 393 g/mol. The number of amides is 1. The molecule has 0 aliphatic carbocycles. The van der Waals surface area contributed by atoms with Crippen LogP contribution in [0.3, 0.4) is 0 Å². The maximum atomic E-state index is 12.6. The van der Waals surface area contributed by atoms with E-state index in [0.29, 0.717) is 5.02 Å². The van der Waals surface area contributed by atoms with Crippen molar-refractivity contribution in [2.24, 2.45) is 0 Å². The smallest absolute Gasteiger partial charge is 0.322 e. The molecule has 0 saturated carbocycles. The van der Waals surface area contributed by atoms with E-state index < -0.39 is 23.2 Å². The zero-order valence-corrected chi connectivity index (χ0v) is 15.1. The lowest BCUT2D eigenvalue weighted by Crippen LogP contribution is -2.29. The molecule has 28 heavy (non-hydrogen) atoms. The molecule has 3 rings (SSSR count). The molecule has 0 bridgehead atoms. The molecule has 2 aromatic carbocycles. The molecular formula is C20H14ClF3N2O2. The summed E-state index contributed by atoms with van der Waals surface area (Å²) >= 11 is 5.94. The van der Waals surface area contributed by atoms with Gasteiger partial charge in [-0.15, -0.1) is 0 Å². The van der Waals surface area contributed by atoms with Gasteiger partial charge < -0.3 is 9.88 Å².